The molecule has 1 aromatic carbocycles. The summed E-state index contributed by atoms with van der Waals surface area (Å²) >= 11 is 3.36. The SMILES string of the molecule is CCn1ccc(=O)c2cc(Br)ccc21. The zero-order valence-corrected chi connectivity index (χ0v) is 9.41. The summed E-state index contributed by atoms with van der Waals surface area (Å²) in [4.78, 5) is 11.6. The molecule has 2 rings (SSSR count). The summed E-state index contributed by atoms with van der Waals surface area (Å²) in [7, 11) is 0. The van der Waals surface area contributed by atoms with Gasteiger partial charge >= 0.3 is 0 Å². The summed E-state index contributed by atoms with van der Waals surface area (Å²) in [6, 6.07) is 7.39. The standard InChI is InChI=1S/C11H10BrNO/c1-2-13-6-5-11(14)9-7-8(12)3-4-10(9)13/h3-7H,2H2,1H3. The van der Waals surface area contributed by atoms with Crippen LogP contribution in [0.15, 0.2) is 39.7 Å². The summed E-state index contributed by atoms with van der Waals surface area (Å²) in [5.74, 6) is 0. The maximum Gasteiger partial charge on any atom is 0.189 e. The summed E-state index contributed by atoms with van der Waals surface area (Å²) in [5, 5.41) is 0.767. The van der Waals surface area contributed by atoms with Crippen LogP contribution in [-0.4, -0.2) is 4.57 Å². The van der Waals surface area contributed by atoms with E-state index in [4.69, 9.17) is 0 Å². The number of rotatable bonds is 1. The highest BCUT2D eigenvalue weighted by atomic mass is 79.9. The van der Waals surface area contributed by atoms with Gasteiger partial charge in [0.15, 0.2) is 5.43 Å². The highest BCUT2D eigenvalue weighted by Gasteiger charge is 2.01. The summed E-state index contributed by atoms with van der Waals surface area (Å²) in [6.45, 7) is 2.93. The molecule has 0 aliphatic rings. The van der Waals surface area contributed by atoms with Gasteiger partial charge in [0.2, 0.25) is 0 Å². The monoisotopic (exact) mass is 251 g/mol. The first-order chi connectivity index (χ1) is 6.72. The first-order valence-corrected chi connectivity index (χ1v) is 5.30. The van der Waals surface area contributed by atoms with E-state index in [1.165, 1.54) is 0 Å². The van der Waals surface area contributed by atoms with Crippen molar-refractivity contribution in [3.63, 3.8) is 0 Å². The maximum atomic E-state index is 11.6. The number of hydrogen-bond acceptors (Lipinski definition) is 1. The van der Waals surface area contributed by atoms with Crippen molar-refractivity contribution in [1.29, 1.82) is 0 Å². The quantitative estimate of drug-likeness (QED) is 0.764. The van der Waals surface area contributed by atoms with Crippen molar-refractivity contribution in [1.82, 2.24) is 4.57 Å². The summed E-state index contributed by atoms with van der Waals surface area (Å²) < 4.78 is 3.00. The largest absolute Gasteiger partial charge is 0.348 e. The second-order valence-electron chi connectivity index (χ2n) is 3.13. The van der Waals surface area contributed by atoms with Crippen molar-refractivity contribution in [3.05, 3.63) is 45.2 Å². The number of benzene rings is 1. The first-order valence-electron chi connectivity index (χ1n) is 4.51. The second-order valence-corrected chi connectivity index (χ2v) is 4.04. The highest BCUT2D eigenvalue weighted by molar-refractivity contribution is 9.10. The lowest BCUT2D eigenvalue weighted by atomic mass is 10.2. The lowest BCUT2D eigenvalue weighted by Crippen LogP contribution is -2.06. The minimum Gasteiger partial charge on any atom is -0.348 e. The van der Waals surface area contributed by atoms with Crippen molar-refractivity contribution in [3.8, 4) is 0 Å². The van der Waals surface area contributed by atoms with Crippen LogP contribution in [0.25, 0.3) is 10.9 Å². The Kier molecular flexibility index (Phi) is 2.42. The fourth-order valence-corrected chi connectivity index (χ4v) is 1.92. The first kappa shape index (κ1) is 9.46. The molecule has 0 bridgehead atoms. The Morgan fingerprint density at radius 1 is 1.36 bits per heavy atom. The van der Waals surface area contributed by atoms with Gasteiger partial charge in [0.25, 0.3) is 0 Å². The molecule has 2 nitrogen and oxygen atoms in total. The normalized spacial score (nSPS) is 10.7. The van der Waals surface area contributed by atoms with Crippen LogP contribution in [-0.2, 0) is 6.54 Å². The molecular weight excluding hydrogens is 242 g/mol. The van der Waals surface area contributed by atoms with Gasteiger partial charge in [0.1, 0.15) is 0 Å². The summed E-state index contributed by atoms with van der Waals surface area (Å²) in [5.41, 5.74) is 1.06. The molecule has 0 spiro atoms. The Morgan fingerprint density at radius 2 is 2.14 bits per heavy atom. The van der Waals surface area contributed by atoms with Gasteiger partial charge in [-0.2, -0.15) is 0 Å². The second kappa shape index (κ2) is 3.58. The van der Waals surface area contributed by atoms with E-state index in [1.54, 1.807) is 6.07 Å². The Morgan fingerprint density at radius 3 is 2.86 bits per heavy atom. The van der Waals surface area contributed by atoms with E-state index < -0.39 is 0 Å². The number of pyridine rings is 1. The van der Waals surface area contributed by atoms with Crippen molar-refractivity contribution in [2.75, 3.05) is 0 Å². The predicted octanol–water partition coefficient (Wildman–Crippen LogP) is 2.78. The van der Waals surface area contributed by atoms with Crippen LogP contribution in [0.3, 0.4) is 0 Å². The van der Waals surface area contributed by atoms with E-state index in [0.717, 1.165) is 21.9 Å². The van der Waals surface area contributed by atoms with Crippen LogP contribution in [0.5, 0.6) is 0 Å². The lowest BCUT2D eigenvalue weighted by Gasteiger charge is -2.07. The van der Waals surface area contributed by atoms with Crippen LogP contribution in [0, 0.1) is 0 Å². The molecule has 0 fully saturated rings. The molecule has 1 aromatic heterocycles. The van der Waals surface area contributed by atoms with Crippen LogP contribution < -0.4 is 5.43 Å². The van der Waals surface area contributed by atoms with E-state index in [2.05, 4.69) is 27.4 Å². The lowest BCUT2D eigenvalue weighted by molar-refractivity contribution is 0.788. The van der Waals surface area contributed by atoms with Crippen LogP contribution in [0.2, 0.25) is 0 Å². The van der Waals surface area contributed by atoms with Gasteiger partial charge in [-0.1, -0.05) is 15.9 Å². The molecule has 14 heavy (non-hydrogen) atoms. The van der Waals surface area contributed by atoms with E-state index in [0.29, 0.717) is 0 Å². The zero-order chi connectivity index (χ0) is 10.1. The molecule has 0 N–H and O–H groups in total. The molecule has 1 heterocycles. The number of hydrogen-bond donors (Lipinski definition) is 0. The molecule has 0 atom stereocenters. The van der Waals surface area contributed by atoms with Crippen LogP contribution in [0.1, 0.15) is 6.92 Å². The fraction of sp³-hybridized carbons (Fsp3) is 0.182. The van der Waals surface area contributed by atoms with Gasteiger partial charge in [-0.25, -0.2) is 0 Å². The maximum absolute atomic E-state index is 11.6. The Hall–Kier alpha value is -1.09. The topological polar surface area (TPSA) is 22.0 Å². The smallest absolute Gasteiger partial charge is 0.189 e. The third kappa shape index (κ3) is 1.48. The number of aryl methyl sites for hydroxylation is 1. The number of aromatic nitrogens is 1. The number of fused-ring (bicyclic) bond motifs is 1. The van der Waals surface area contributed by atoms with E-state index in [1.807, 2.05) is 24.4 Å². The highest BCUT2D eigenvalue weighted by Crippen LogP contribution is 2.16. The van der Waals surface area contributed by atoms with Crippen LogP contribution >= 0.6 is 15.9 Å². The van der Waals surface area contributed by atoms with Gasteiger partial charge < -0.3 is 4.57 Å². The predicted molar refractivity (Wildman–Crippen MR) is 61.6 cm³/mol. The van der Waals surface area contributed by atoms with Crippen molar-refractivity contribution in [2.45, 2.75) is 13.5 Å². The van der Waals surface area contributed by atoms with Gasteiger partial charge in [-0.15, -0.1) is 0 Å². The minimum atomic E-state index is 0.0750. The Bertz CT molecular complexity index is 530. The molecule has 0 aliphatic heterocycles. The van der Waals surface area contributed by atoms with Crippen LogP contribution in [0.4, 0.5) is 0 Å². The molecule has 0 aliphatic carbocycles. The number of nitrogens with zero attached hydrogens (tertiary/aromatic N) is 1. The van der Waals surface area contributed by atoms with E-state index in [9.17, 15) is 4.79 Å². The third-order valence-electron chi connectivity index (χ3n) is 2.28. The number of halogens is 1. The third-order valence-corrected chi connectivity index (χ3v) is 2.77. The van der Waals surface area contributed by atoms with Crippen molar-refractivity contribution >= 4 is 26.8 Å². The van der Waals surface area contributed by atoms with Crippen molar-refractivity contribution < 1.29 is 0 Å². The van der Waals surface area contributed by atoms with Gasteiger partial charge in [0, 0.05) is 28.7 Å². The summed E-state index contributed by atoms with van der Waals surface area (Å²) in [6.07, 6.45) is 1.83. The molecular formula is C11H10BrNO. The van der Waals surface area contributed by atoms with Gasteiger partial charge in [-0.3, -0.25) is 4.79 Å². The van der Waals surface area contributed by atoms with Gasteiger partial charge in [0.05, 0.1) is 5.52 Å². The van der Waals surface area contributed by atoms with E-state index >= 15 is 0 Å². The average Bonchev–Trinajstić information content (AvgIpc) is 2.19. The molecule has 0 saturated heterocycles. The Labute approximate surface area is 90.3 Å². The fourth-order valence-electron chi connectivity index (χ4n) is 1.56. The Balaban J connectivity index is 2.91. The van der Waals surface area contributed by atoms with Crippen molar-refractivity contribution in [2.24, 2.45) is 0 Å². The molecule has 72 valence electrons. The molecule has 0 unspecified atom stereocenters. The molecule has 0 saturated carbocycles. The molecule has 3 heteroatoms. The molecule has 0 amide bonds. The average molecular weight is 252 g/mol. The minimum absolute atomic E-state index is 0.0750. The molecule has 2 aromatic rings. The van der Waals surface area contributed by atoms with E-state index in [-0.39, 0.29) is 5.43 Å². The molecule has 0 radical (unpaired) electrons. The van der Waals surface area contributed by atoms with Gasteiger partial charge in [-0.05, 0) is 25.1 Å². The zero-order valence-electron chi connectivity index (χ0n) is 7.83.